The largest absolute Gasteiger partial charge is 0.467 e. The molecule has 0 aliphatic heterocycles. The van der Waals surface area contributed by atoms with Crippen molar-refractivity contribution in [3.05, 3.63) is 89.9 Å². The molecule has 0 N–H and O–H groups in total. The molecule has 0 spiro atoms. The number of carbonyl (C=O) groups excluding carboxylic acids is 1. The summed E-state index contributed by atoms with van der Waals surface area (Å²) >= 11 is 0. The van der Waals surface area contributed by atoms with E-state index in [2.05, 4.69) is 0 Å². The summed E-state index contributed by atoms with van der Waals surface area (Å²) in [4.78, 5) is 14.6. The molecule has 0 bridgehead atoms. The molecular weight excluding hydrogens is 366 g/mol. The molecule has 3 aromatic rings. The summed E-state index contributed by atoms with van der Waals surface area (Å²) in [5.41, 5.74) is 1.42. The van der Waals surface area contributed by atoms with Crippen LogP contribution in [0, 0.1) is 0 Å². The van der Waals surface area contributed by atoms with Crippen LogP contribution in [0.2, 0.25) is 0 Å². The third kappa shape index (κ3) is 5.46. The predicted molar refractivity (Wildman–Crippen MR) is 101 cm³/mol. The first-order valence-electron chi connectivity index (χ1n) is 8.26. The van der Waals surface area contributed by atoms with Crippen molar-refractivity contribution in [3.8, 4) is 5.75 Å². The third-order valence-electron chi connectivity index (χ3n) is 3.78. The lowest BCUT2D eigenvalue weighted by Gasteiger charge is -2.22. The highest BCUT2D eigenvalue weighted by atomic mass is 32.2. The number of nitrogens with zero attached hydrogens (tertiary/aromatic N) is 1. The first-order valence-corrected chi connectivity index (χ1v) is 10.1. The Balaban J connectivity index is 1.79. The number of hydrogen-bond donors (Lipinski definition) is 0. The maximum Gasteiger partial charge on any atom is 0.306 e. The van der Waals surface area contributed by atoms with Gasteiger partial charge in [-0.3, -0.25) is 4.79 Å². The summed E-state index contributed by atoms with van der Waals surface area (Å²) in [6, 6.07) is 19.2. The normalized spacial score (nSPS) is 11.1. The molecule has 0 aliphatic carbocycles. The van der Waals surface area contributed by atoms with Gasteiger partial charge in [-0.05, 0) is 42.0 Å². The van der Waals surface area contributed by atoms with Crippen molar-refractivity contribution in [2.45, 2.75) is 13.1 Å². The average Bonchev–Trinajstić information content (AvgIpc) is 3.15. The molecule has 27 heavy (non-hydrogen) atoms. The highest BCUT2D eigenvalue weighted by molar-refractivity contribution is 7.86. The second-order valence-electron chi connectivity index (χ2n) is 6.04. The smallest absolute Gasteiger partial charge is 0.306 e. The molecule has 1 amide bonds. The summed E-state index contributed by atoms with van der Waals surface area (Å²) < 4.78 is 32.6. The zero-order chi connectivity index (χ0) is 19.3. The summed E-state index contributed by atoms with van der Waals surface area (Å²) in [7, 11) is -3.57. The van der Waals surface area contributed by atoms with Gasteiger partial charge in [0.05, 0.1) is 19.1 Å². The van der Waals surface area contributed by atoms with Gasteiger partial charge in [0.15, 0.2) is 0 Å². The van der Waals surface area contributed by atoms with Crippen LogP contribution in [0.4, 0.5) is 0 Å². The van der Waals surface area contributed by atoms with E-state index in [1.165, 1.54) is 0 Å². The van der Waals surface area contributed by atoms with E-state index in [0.29, 0.717) is 24.4 Å². The van der Waals surface area contributed by atoms with Gasteiger partial charge in [-0.1, -0.05) is 30.3 Å². The summed E-state index contributed by atoms with van der Waals surface area (Å²) in [5.74, 6) is 0.785. The zero-order valence-corrected chi connectivity index (χ0v) is 15.6. The van der Waals surface area contributed by atoms with Crippen molar-refractivity contribution >= 4 is 16.0 Å². The van der Waals surface area contributed by atoms with Gasteiger partial charge in [-0.25, -0.2) is 0 Å². The fraction of sp³-hybridized carbons (Fsp3) is 0.150. The Bertz CT molecular complexity index is 981. The Hall–Kier alpha value is -3.06. The fourth-order valence-corrected chi connectivity index (χ4v) is 3.06. The number of benzene rings is 2. The van der Waals surface area contributed by atoms with E-state index < -0.39 is 10.1 Å². The average molecular weight is 385 g/mol. The number of carbonyl (C=O) groups is 1. The molecule has 0 atom stereocenters. The monoisotopic (exact) mass is 385 g/mol. The standard InChI is InChI=1S/C20H19NO5S/c1-27(23,24)26-18-11-9-16(10-12-18)14-21(15-19-8-5-13-25-19)20(22)17-6-3-2-4-7-17/h2-13H,14-15H2,1H3. The van der Waals surface area contributed by atoms with Crippen LogP contribution in [-0.2, 0) is 23.2 Å². The van der Waals surface area contributed by atoms with Crippen LogP contribution in [0.15, 0.2) is 77.4 Å². The first-order chi connectivity index (χ1) is 12.9. The van der Waals surface area contributed by atoms with Crippen LogP contribution < -0.4 is 4.18 Å². The molecule has 2 aromatic carbocycles. The van der Waals surface area contributed by atoms with Gasteiger partial charge in [0.25, 0.3) is 5.91 Å². The maximum atomic E-state index is 12.9. The molecule has 1 heterocycles. The SMILES string of the molecule is CS(=O)(=O)Oc1ccc(CN(Cc2ccco2)C(=O)c2ccccc2)cc1. The third-order valence-corrected chi connectivity index (χ3v) is 4.27. The lowest BCUT2D eigenvalue weighted by Crippen LogP contribution is -2.30. The Labute approximate surface area is 158 Å². The quantitative estimate of drug-likeness (QED) is 0.582. The van der Waals surface area contributed by atoms with Crippen LogP contribution in [0.5, 0.6) is 5.75 Å². The highest BCUT2D eigenvalue weighted by Gasteiger charge is 2.18. The predicted octanol–water partition coefficient (Wildman–Crippen LogP) is 3.46. The van der Waals surface area contributed by atoms with E-state index in [9.17, 15) is 13.2 Å². The summed E-state index contributed by atoms with van der Waals surface area (Å²) in [5, 5.41) is 0. The Kier molecular flexibility index (Phi) is 5.61. The molecular formula is C20H19NO5S. The number of furan rings is 1. The zero-order valence-electron chi connectivity index (χ0n) is 14.7. The van der Waals surface area contributed by atoms with Gasteiger partial charge in [0, 0.05) is 12.1 Å². The molecule has 7 heteroatoms. The molecule has 0 saturated heterocycles. The van der Waals surface area contributed by atoms with Crippen molar-refractivity contribution < 1.29 is 21.8 Å². The number of rotatable bonds is 7. The van der Waals surface area contributed by atoms with Gasteiger partial charge < -0.3 is 13.5 Å². The Morgan fingerprint density at radius 1 is 0.963 bits per heavy atom. The van der Waals surface area contributed by atoms with Crippen LogP contribution >= 0.6 is 0 Å². The van der Waals surface area contributed by atoms with Crippen LogP contribution in [0.25, 0.3) is 0 Å². The second-order valence-corrected chi connectivity index (χ2v) is 7.61. The van der Waals surface area contributed by atoms with Crippen molar-refractivity contribution in [1.29, 1.82) is 0 Å². The molecule has 0 saturated carbocycles. The molecule has 140 valence electrons. The van der Waals surface area contributed by atoms with Gasteiger partial charge in [0.2, 0.25) is 0 Å². The molecule has 0 aliphatic rings. The second kappa shape index (κ2) is 8.09. The molecule has 6 nitrogen and oxygen atoms in total. The van der Waals surface area contributed by atoms with Crippen LogP contribution in [0.3, 0.4) is 0 Å². The molecule has 0 unspecified atom stereocenters. The Morgan fingerprint density at radius 3 is 2.26 bits per heavy atom. The van der Waals surface area contributed by atoms with Gasteiger partial charge in [0.1, 0.15) is 11.5 Å². The minimum absolute atomic E-state index is 0.122. The number of amides is 1. The Morgan fingerprint density at radius 2 is 1.67 bits per heavy atom. The number of hydrogen-bond acceptors (Lipinski definition) is 5. The van der Waals surface area contributed by atoms with Crippen LogP contribution in [0.1, 0.15) is 21.7 Å². The van der Waals surface area contributed by atoms with E-state index in [1.807, 2.05) is 24.3 Å². The summed E-state index contributed by atoms with van der Waals surface area (Å²) in [6.45, 7) is 0.663. The van der Waals surface area contributed by atoms with E-state index in [-0.39, 0.29) is 11.7 Å². The maximum absolute atomic E-state index is 12.9. The lowest BCUT2D eigenvalue weighted by molar-refractivity contribution is 0.0717. The van der Waals surface area contributed by atoms with E-state index >= 15 is 0 Å². The molecule has 3 rings (SSSR count). The topological polar surface area (TPSA) is 76.8 Å². The van der Waals surface area contributed by atoms with E-state index in [0.717, 1.165) is 11.8 Å². The van der Waals surface area contributed by atoms with Gasteiger partial charge in [-0.15, -0.1) is 0 Å². The van der Waals surface area contributed by atoms with E-state index in [4.69, 9.17) is 8.60 Å². The lowest BCUT2D eigenvalue weighted by atomic mass is 10.1. The molecule has 1 aromatic heterocycles. The van der Waals surface area contributed by atoms with Crippen molar-refractivity contribution in [2.24, 2.45) is 0 Å². The summed E-state index contributed by atoms with van der Waals surface area (Å²) in [6.07, 6.45) is 2.56. The van der Waals surface area contributed by atoms with Crippen LogP contribution in [-0.4, -0.2) is 25.5 Å². The van der Waals surface area contributed by atoms with Gasteiger partial charge in [-0.2, -0.15) is 8.42 Å². The van der Waals surface area contributed by atoms with Crippen molar-refractivity contribution in [1.82, 2.24) is 4.90 Å². The van der Waals surface area contributed by atoms with Crippen molar-refractivity contribution in [2.75, 3.05) is 6.26 Å². The van der Waals surface area contributed by atoms with Gasteiger partial charge >= 0.3 is 10.1 Å². The first kappa shape index (κ1) is 18.7. The van der Waals surface area contributed by atoms with E-state index in [1.54, 1.807) is 53.6 Å². The van der Waals surface area contributed by atoms with Crippen molar-refractivity contribution in [3.63, 3.8) is 0 Å². The highest BCUT2D eigenvalue weighted by Crippen LogP contribution is 2.18. The minimum atomic E-state index is -3.57. The molecule has 0 fully saturated rings. The minimum Gasteiger partial charge on any atom is -0.467 e. The fourth-order valence-electron chi connectivity index (χ4n) is 2.60. The molecule has 0 radical (unpaired) electrons.